The number of aromatic nitrogens is 3. The first-order valence-corrected chi connectivity index (χ1v) is 7.04. The van der Waals surface area contributed by atoms with Crippen LogP contribution in [0.3, 0.4) is 0 Å². The van der Waals surface area contributed by atoms with Crippen LogP contribution in [0.5, 0.6) is 0 Å². The van der Waals surface area contributed by atoms with Crippen LogP contribution < -0.4 is 5.32 Å². The molecule has 0 radical (unpaired) electrons. The molecule has 0 atom stereocenters. The highest BCUT2D eigenvalue weighted by Gasteiger charge is 2.14. The van der Waals surface area contributed by atoms with Crippen LogP contribution in [-0.2, 0) is 0 Å². The molecule has 0 fully saturated rings. The van der Waals surface area contributed by atoms with Crippen molar-refractivity contribution in [1.29, 1.82) is 0 Å². The van der Waals surface area contributed by atoms with Crippen molar-refractivity contribution in [3.8, 4) is 5.69 Å². The quantitative estimate of drug-likeness (QED) is 0.752. The van der Waals surface area contributed by atoms with Crippen LogP contribution in [0.25, 0.3) is 5.69 Å². The summed E-state index contributed by atoms with van der Waals surface area (Å²) in [4.78, 5) is 23.9. The van der Waals surface area contributed by atoms with Gasteiger partial charge >= 0.3 is 0 Å². The molecule has 1 aromatic heterocycles. The van der Waals surface area contributed by atoms with Crippen molar-refractivity contribution >= 4 is 17.4 Å². The standard InChI is InChI=1S/C17H14N4O2/c1-12(22)14-9-5-6-10-15(14)18-17(23)16-11-21(20-19-16)13-7-3-2-4-8-13/h2-11H,1H3,(H,18,23). The van der Waals surface area contributed by atoms with E-state index in [0.29, 0.717) is 11.3 Å². The van der Waals surface area contributed by atoms with Crippen molar-refractivity contribution in [2.24, 2.45) is 0 Å². The van der Waals surface area contributed by atoms with Crippen LogP contribution in [0.4, 0.5) is 5.69 Å². The number of Topliss-reactive ketones (excluding diaryl/α,β-unsaturated/α-hetero) is 1. The summed E-state index contributed by atoms with van der Waals surface area (Å²) in [6, 6.07) is 16.2. The van der Waals surface area contributed by atoms with E-state index in [2.05, 4.69) is 15.6 Å². The summed E-state index contributed by atoms with van der Waals surface area (Å²) >= 11 is 0. The van der Waals surface area contributed by atoms with Crippen molar-refractivity contribution < 1.29 is 9.59 Å². The Morgan fingerprint density at radius 1 is 1.00 bits per heavy atom. The highest BCUT2D eigenvalue weighted by atomic mass is 16.2. The summed E-state index contributed by atoms with van der Waals surface area (Å²) in [7, 11) is 0. The van der Waals surface area contributed by atoms with E-state index in [1.54, 1.807) is 30.5 Å². The van der Waals surface area contributed by atoms with Crippen LogP contribution in [0.2, 0.25) is 0 Å². The van der Waals surface area contributed by atoms with E-state index in [1.165, 1.54) is 11.6 Å². The van der Waals surface area contributed by atoms with Crippen LogP contribution in [0, 0.1) is 0 Å². The van der Waals surface area contributed by atoms with Gasteiger partial charge in [0, 0.05) is 5.56 Å². The topological polar surface area (TPSA) is 76.9 Å². The zero-order chi connectivity index (χ0) is 16.2. The lowest BCUT2D eigenvalue weighted by Crippen LogP contribution is -2.14. The molecule has 0 aliphatic carbocycles. The fourth-order valence-electron chi connectivity index (χ4n) is 2.16. The Labute approximate surface area is 132 Å². The van der Waals surface area contributed by atoms with Crippen LogP contribution >= 0.6 is 0 Å². The Kier molecular flexibility index (Phi) is 3.97. The first kappa shape index (κ1) is 14.6. The molecule has 0 aliphatic heterocycles. The molecular formula is C17H14N4O2. The summed E-state index contributed by atoms with van der Waals surface area (Å²) in [5, 5.41) is 10.5. The highest BCUT2D eigenvalue weighted by molar-refractivity contribution is 6.08. The average molecular weight is 306 g/mol. The number of anilines is 1. The number of nitrogens with zero attached hydrogens (tertiary/aromatic N) is 3. The number of nitrogens with one attached hydrogen (secondary N) is 1. The van der Waals surface area contributed by atoms with E-state index < -0.39 is 5.91 Å². The lowest BCUT2D eigenvalue weighted by atomic mass is 10.1. The minimum Gasteiger partial charge on any atom is -0.320 e. The van der Waals surface area contributed by atoms with Crippen LogP contribution in [-0.4, -0.2) is 26.7 Å². The first-order chi connectivity index (χ1) is 11.1. The van der Waals surface area contributed by atoms with Gasteiger partial charge in [0.25, 0.3) is 5.91 Å². The SMILES string of the molecule is CC(=O)c1ccccc1NC(=O)c1cn(-c2ccccc2)nn1. The van der Waals surface area contributed by atoms with Gasteiger partial charge in [0.1, 0.15) is 0 Å². The number of para-hydroxylation sites is 2. The average Bonchev–Trinajstić information content (AvgIpc) is 3.06. The smallest absolute Gasteiger partial charge is 0.277 e. The maximum atomic E-state index is 12.3. The summed E-state index contributed by atoms with van der Waals surface area (Å²) in [5.41, 5.74) is 1.89. The van der Waals surface area contributed by atoms with E-state index in [-0.39, 0.29) is 11.5 Å². The number of hydrogen-bond acceptors (Lipinski definition) is 4. The second kappa shape index (κ2) is 6.23. The van der Waals surface area contributed by atoms with E-state index >= 15 is 0 Å². The van der Waals surface area contributed by atoms with Gasteiger partial charge in [-0.1, -0.05) is 35.5 Å². The molecule has 23 heavy (non-hydrogen) atoms. The Bertz CT molecular complexity index is 856. The number of amides is 1. The number of benzene rings is 2. The zero-order valence-corrected chi connectivity index (χ0v) is 12.4. The number of carbonyl (C=O) groups is 2. The fourth-order valence-corrected chi connectivity index (χ4v) is 2.16. The largest absolute Gasteiger partial charge is 0.320 e. The summed E-state index contributed by atoms with van der Waals surface area (Å²) < 4.78 is 1.52. The third kappa shape index (κ3) is 3.16. The minimum absolute atomic E-state index is 0.117. The number of carbonyl (C=O) groups excluding carboxylic acids is 2. The molecule has 0 aliphatic rings. The third-order valence-electron chi connectivity index (χ3n) is 3.30. The molecule has 2 aromatic carbocycles. The zero-order valence-electron chi connectivity index (χ0n) is 12.4. The summed E-state index contributed by atoms with van der Waals surface area (Å²) in [6.07, 6.45) is 1.54. The van der Waals surface area contributed by atoms with E-state index in [4.69, 9.17) is 0 Å². The van der Waals surface area contributed by atoms with E-state index in [9.17, 15) is 9.59 Å². The van der Waals surface area contributed by atoms with Crippen LogP contribution in [0.15, 0.2) is 60.8 Å². The Morgan fingerprint density at radius 3 is 2.43 bits per heavy atom. The molecule has 6 heteroatoms. The predicted molar refractivity (Wildman–Crippen MR) is 85.8 cm³/mol. The Hall–Kier alpha value is -3.28. The van der Waals surface area contributed by atoms with Gasteiger partial charge in [-0.2, -0.15) is 0 Å². The third-order valence-corrected chi connectivity index (χ3v) is 3.30. The van der Waals surface area contributed by atoms with Gasteiger partial charge in [-0.15, -0.1) is 5.10 Å². The maximum absolute atomic E-state index is 12.3. The molecule has 0 unspecified atom stereocenters. The minimum atomic E-state index is -0.416. The molecule has 0 saturated carbocycles. The molecule has 0 bridgehead atoms. The van der Waals surface area contributed by atoms with Crippen molar-refractivity contribution in [1.82, 2.24) is 15.0 Å². The molecule has 1 N–H and O–H groups in total. The van der Waals surface area contributed by atoms with Gasteiger partial charge < -0.3 is 5.32 Å². The molecule has 3 rings (SSSR count). The normalized spacial score (nSPS) is 10.3. The monoisotopic (exact) mass is 306 g/mol. The van der Waals surface area contributed by atoms with Gasteiger partial charge in [0.05, 0.1) is 17.6 Å². The Balaban J connectivity index is 1.83. The molecule has 3 aromatic rings. The number of ketones is 1. The van der Waals surface area contributed by atoms with E-state index in [1.807, 2.05) is 30.3 Å². The van der Waals surface area contributed by atoms with Gasteiger partial charge in [0.2, 0.25) is 0 Å². The van der Waals surface area contributed by atoms with Gasteiger partial charge in [-0.3, -0.25) is 9.59 Å². The maximum Gasteiger partial charge on any atom is 0.277 e. The van der Waals surface area contributed by atoms with Crippen molar-refractivity contribution in [2.75, 3.05) is 5.32 Å². The van der Waals surface area contributed by atoms with Gasteiger partial charge in [-0.05, 0) is 31.2 Å². The Morgan fingerprint density at radius 2 is 1.70 bits per heavy atom. The highest BCUT2D eigenvalue weighted by Crippen LogP contribution is 2.16. The molecule has 1 amide bonds. The second-order valence-corrected chi connectivity index (χ2v) is 4.94. The van der Waals surface area contributed by atoms with Crippen molar-refractivity contribution in [2.45, 2.75) is 6.92 Å². The fraction of sp³-hybridized carbons (Fsp3) is 0.0588. The molecule has 0 spiro atoms. The lowest BCUT2D eigenvalue weighted by molar-refractivity contribution is 0.101. The molecular weight excluding hydrogens is 292 g/mol. The number of rotatable bonds is 4. The van der Waals surface area contributed by atoms with Gasteiger partial charge in [0.15, 0.2) is 11.5 Å². The lowest BCUT2D eigenvalue weighted by Gasteiger charge is -2.07. The molecule has 6 nitrogen and oxygen atoms in total. The first-order valence-electron chi connectivity index (χ1n) is 7.04. The van der Waals surface area contributed by atoms with Crippen molar-refractivity contribution in [3.05, 3.63) is 72.1 Å². The van der Waals surface area contributed by atoms with Crippen molar-refractivity contribution in [3.63, 3.8) is 0 Å². The van der Waals surface area contributed by atoms with Crippen LogP contribution in [0.1, 0.15) is 27.8 Å². The predicted octanol–water partition coefficient (Wildman–Crippen LogP) is 2.72. The molecule has 114 valence electrons. The molecule has 0 saturated heterocycles. The number of hydrogen-bond donors (Lipinski definition) is 1. The van der Waals surface area contributed by atoms with Gasteiger partial charge in [-0.25, -0.2) is 4.68 Å². The summed E-state index contributed by atoms with van der Waals surface area (Å²) in [6.45, 7) is 1.46. The van der Waals surface area contributed by atoms with E-state index in [0.717, 1.165) is 5.69 Å². The summed E-state index contributed by atoms with van der Waals surface area (Å²) in [5.74, 6) is -0.533. The molecule has 1 heterocycles. The second-order valence-electron chi connectivity index (χ2n) is 4.94.